The fourth-order valence-electron chi connectivity index (χ4n) is 15.1. The second kappa shape index (κ2) is 86.5. The average Bonchev–Trinajstić information content (AvgIpc) is 3.68. The Morgan fingerprint density at radius 1 is 0.144 bits per heavy atom. The Bertz CT molecular complexity index is 673. The zero-order valence-corrected chi connectivity index (χ0v) is 63.4. The molecule has 0 aromatic carbocycles. The highest BCUT2D eigenvalue weighted by Crippen LogP contribution is 2.23. The minimum atomic E-state index is -0.211. The van der Waals surface area contributed by atoms with Crippen molar-refractivity contribution in [3.63, 3.8) is 0 Å². The zero-order chi connectivity index (χ0) is 64.4. The van der Waals surface area contributed by atoms with Crippen LogP contribution in [0.25, 0.3) is 0 Å². The molecule has 0 radical (unpaired) electrons. The Kier molecular flexibility index (Phi) is 86.0. The molecule has 0 bridgehead atoms. The number of esters is 1. The van der Waals surface area contributed by atoms with Crippen LogP contribution in [0.5, 0.6) is 0 Å². The first-order valence-electron chi connectivity index (χ1n) is 43.9. The molecule has 0 unspecified atom stereocenters. The number of carbonyl (C=O) groups is 1. The van der Waals surface area contributed by atoms with Gasteiger partial charge in [-0.15, -0.1) is 0 Å². The summed E-state index contributed by atoms with van der Waals surface area (Å²) in [4.78, 5) is 9.82. The van der Waals surface area contributed by atoms with Gasteiger partial charge < -0.3 is 4.74 Å². The molecule has 540 valence electrons. The molecule has 14 saturated carbocycles. The van der Waals surface area contributed by atoms with Gasteiger partial charge in [-0.05, 0) is 6.92 Å². The maximum atomic E-state index is 9.82. The molecular formula is C88H176O2. The molecule has 14 aliphatic carbocycles. The lowest BCUT2D eigenvalue weighted by Gasteiger charge is -2.05. The summed E-state index contributed by atoms with van der Waals surface area (Å²) in [7, 11) is 0. The van der Waals surface area contributed by atoms with Gasteiger partial charge in [0.15, 0.2) is 0 Å². The van der Waals surface area contributed by atoms with Gasteiger partial charge >= 0.3 is 5.97 Å². The standard InChI is InChI=1S/14C6H12.C4H8O2/c14*1-2-4-6-5-3-1;1-3-6-4(2)5/h14*1-6H2;3H2,1-2H3. The molecule has 14 rings (SSSR count). The molecule has 0 aromatic rings. The summed E-state index contributed by atoms with van der Waals surface area (Å²) in [6.45, 7) is 3.65. The van der Waals surface area contributed by atoms with Crippen molar-refractivity contribution in [3.8, 4) is 0 Å². The van der Waals surface area contributed by atoms with Gasteiger partial charge in [0.05, 0.1) is 6.61 Å². The molecule has 0 spiro atoms. The molecule has 2 heteroatoms. The van der Waals surface area contributed by atoms with E-state index in [0.717, 1.165) is 0 Å². The van der Waals surface area contributed by atoms with Gasteiger partial charge in [0.25, 0.3) is 0 Å². The highest BCUT2D eigenvalue weighted by molar-refractivity contribution is 5.65. The largest absolute Gasteiger partial charge is 0.466 e. The minimum Gasteiger partial charge on any atom is -0.466 e. The van der Waals surface area contributed by atoms with Crippen LogP contribution in [0.2, 0.25) is 0 Å². The van der Waals surface area contributed by atoms with Crippen molar-refractivity contribution >= 4 is 5.97 Å². The fraction of sp³-hybridized carbons (Fsp3) is 0.989. The lowest BCUT2D eigenvalue weighted by Crippen LogP contribution is -1.95. The monoisotopic (exact) mass is 1270 g/mol. The second-order valence-corrected chi connectivity index (χ2v) is 30.6. The van der Waals surface area contributed by atoms with Gasteiger partial charge in [-0.3, -0.25) is 4.79 Å². The molecule has 0 atom stereocenters. The molecule has 0 N–H and O–H groups in total. The molecule has 2 nitrogen and oxygen atoms in total. The van der Waals surface area contributed by atoms with Crippen LogP contribution in [0.15, 0.2) is 0 Å². The third-order valence-corrected chi connectivity index (χ3v) is 21.3. The fourth-order valence-corrected chi connectivity index (χ4v) is 15.1. The summed E-state index contributed by atoms with van der Waals surface area (Å²) in [6.07, 6.45) is 126. The van der Waals surface area contributed by atoms with Gasteiger partial charge in [0, 0.05) is 6.92 Å². The number of ether oxygens (including phenoxy) is 1. The Balaban J connectivity index is 0.000000943. The lowest BCUT2D eigenvalue weighted by molar-refractivity contribution is -0.140. The van der Waals surface area contributed by atoms with E-state index in [4.69, 9.17) is 0 Å². The third kappa shape index (κ3) is 87.5. The molecule has 0 saturated heterocycles. The number of hydrogen-bond acceptors (Lipinski definition) is 2. The van der Waals surface area contributed by atoms with Crippen LogP contribution in [0.4, 0.5) is 0 Å². The van der Waals surface area contributed by atoms with Crippen molar-refractivity contribution in [3.05, 3.63) is 0 Å². The molecule has 14 aliphatic rings. The van der Waals surface area contributed by atoms with Crippen molar-refractivity contribution in [1.82, 2.24) is 0 Å². The van der Waals surface area contributed by atoms with E-state index in [1.54, 1.807) is 6.92 Å². The summed E-state index contributed by atoms with van der Waals surface area (Å²) in [5, 5.41) is 0. The van der Waals surface area contributed by atoms with Gasteiger partial charge in [-0.2, -0.15) is 0 Å². The molecule has 0 aromatic heterocycles. The Morgan fingerprint density at radius 3 is 0.200 bits per heavy atom. The number of rotatable bonds is 1. The normalized spacial score (nSPS) is 22.9. The van der Waals surface area contributed by atoms with E-state index >= 15 is 0 Å². The van der Waals surface area contributed by atoms with Crippen LogP contribution >= 0.6 is 0 Å². The van der Waals surface area contributed by atoms with Crippen LogP contribution in [-0.2, 0) is 9.53 Å². The van der Waals surface area contributed by atoms with Gasteiger partial charge in [-0.25, -0.2) is 0 Å². The van der Waals surface area contributed by atoms with E-state index in [1.165, 1.54) is 546 Å². The summed E-state index contributed by atoms with van der Waals surface area (Å²) in [6, 6.07) is 0. The Morgan fingerprint density at radius 2 is 0.189 bits per heavy atom. The predicted octanol–water partition coefficient (Wildman–Crippen LogP) is 33.3. The van der Waals surface area contributed by atoms with Crippen molar-refractivity contribution in [2.24, 2.45) is 0 Å². The number of carbonyl (C=O) groups excluding carboxylic acids is 1. The summed E-state index contributed by atoms with van der Waals surface area (Å²) in [5.74, 6) is -0.211. The van der Waals surface area contributed by atoms with E-state index in [0.29, 0.717) is 6.61 Å². The molecule has 0 aliphatic heterocycles. The first-order valence-corrected chi connectivity index (χ1v) is 43.9. The van der Waals surface area contributed by atoms with Crippen molar-refractivity contribution < 1.29 is 9.53 Å². The average molecular weight is 1270 g/mol. The van der Waals surface area contributed by atoms with E-state index in [1.807, 2.05) is 0 Å². The molecule has 14 fully saturated rings. The SMILES string of the molecule is C1CCCCC1.C1CCCCC1.C1CCCCC1.C1CCCCC1.C1CCCCC1.C1CCCCC1.C1CCCCC1.C1CCCCC1.C1CCCCC1.C1CCCCC1.C1CCCCC1.C1CCCCC1.C1CCCCC1.C1CCCCC1.CCOC(C)=O. The summed E-state index contributed by atoms with van der Waals surface area (Å²) < 4.78 is 4.40. The van der Waals surface area contributed by atoms with Crippen molar-refractivity contribution in [2.45, 2.75) is 553 Å². The summed E-state index contributed by atoms with van der Waals surface area (Å²) >= 11 is 0. The zero-order valence-electron chi connectivity index (χ0n) is 63.4. The quantitative estimate of drug-likeness (QED) is 0.245. The molecule has 0 heterocycles. The molecule has 0 amide bonds. The van der Waals surface area contributed by atoms with Gasteiger partial charge in [0.1, 0.15) is 0 Å². The Labute approximate surface area is 572 Å². The molecule has 90 heavy (non-hydrogen) atoms. The second-order valence-electron chi connectivity index (χ2n) is 30.6. The smallest absolute Gasteiger partial charge is 0.302 e. The van der Waals surface area contributed by atoms with Crippen LogP contribution in [0.3, 0.4) is 0 Å². The first kappa shape index (κ1) is 89.5. The van der Waals surface area contributed by atoms with Gasteiger partial charge in [-0.1, -0.05) is 539 Å². The van der Waals surface area contributed by atoms with E-state index in [2.05, 4.69) is 4.74 Å². The maximum Gasteiger partial charge on any atom is 0.302 e. The maximum absolute atomic E-state index is 9.82. The lowest BCUT2D eigenvalue weighted by atomic mass is 10.0. The minimum absolute atomic E-state index is 0.211. The Hall–Kier alpha value is -0.530. The van der Waals surface area contributed by atoms with E-state index in [9.17, 15) is 4.79 Å². The third-order valence-electron chi connectivity index (χ3n) is 21.3. The predicted molar refractivity (Wildman–Crippen MR) is 410 cm³/mol. The van der Waals surface area contributed by atoms with Crippen LogP contribution in [0, 0.1) is 0 Å². The van der Waals surface area contributed by atoms with Crippen molar-refractivity contribution in [1.29, 1.82) is 0 Å². The molecular weight excluding hydrogens is 1090 g/mol. The van der Waals surface area contributed by atoms with E-state index < -0.39 is 0 Å². The highest BCUT2D eigenvalue weighted by atomic mass is 16.5. The summed E-state index contributed by atoms with van der Waals surface area (Å²) in [5.41, 5.74) is 0. The highest BCUT2D eigenvalue weighted by Gasteiger charge is 2.03. The topological polar surface area (TPSA) is 26.3 Å². The van der Waals surface area contributed by atoms with E-state index in [-0.39, 0.29) is 5.97 Å². The van der Waals surface area contributed by atoms with Gasteiger partial charge in [0.2, 0.25) is 0 Å². The van der Waals surface area contributed by atoms with Crippen molar-refractivity contribution in [2.75, 3.05) is 6.61 Å². The van der Waals surface area contributed by atoms with Crippen LogP contribution < -0.4 is 0 Å². The van der Waals surface area contributed by atoms with Crippen LogP contribution in [-0.4, -0.2) is 12.6 Å². The number of hydrogen-bond donors (Lipinski definition) is 0. The first-order chi connectivity index (χ1) is 44.8. The van der Waals surface area contributed by atoms with Crippen LogP contribution in [0.1, 0.15) is 553 Å².